The second-order valence-corrected chi connectivity index (χ2v) is 6.65. The largest absolute Gasteiger partial charge is 0.388 e. The fourth-order valence-electron chi connectivity index (χ4n) is 1.96. The van der Waals surface area contributed by atoms with E-state index in [1.54, 1.807) is 48.5 Å². The lowest BCUT2D eigenvalue weighted by atomic mass is 10.2. The second-order valence-electron chi connectivity index (χ2n) is 4.93. The third-order valence-electron chi connectivity index (χ3n) is 2.98. The molecule has 0 aliphatic heterocycles. The Morgan fingerprint density at radius 1 is 1.09 bits per heavy atom. The summed E-state index contributed by atoms with van der Waals surface area (Å²) in [6.07, 6.45) is 2.77. The summed E-state index contributed by atoms with van der Waals surface area (Å²) in [5.74, 6) is -0.531. The molecule has 23 heavy (non-hydrogen) atoms. The number of rotatable bonds is 7. The lowest BCUT2D eigenvalue weighted by Crippen LogP contribution is -2.15. The highest BCUT2D eigenvalue weighted by Crippen LogP contribution is 2.15. The quantitative estimate of drug-likeness (QED) is 0.762. The first-order valence-electron chi connectivity index (χ1n) is 6.95. The molecule has 120 valence electrons. The standard InChI is InChI=1S/C17H17NO4S/c19-12-17(20)10-9-14-7-4-8-16(11-14)18-23(21,22)13-15-5-2-1-3-6-15/h1-11,18-19H,12-13H2/b10-9+. The number of hydrogen-bond acceptors (Lipinski definition) is 4. The summed E-state index contributed by atoms with van der Waals surface area (Å²) in [5, 5.41) is 8.67. The normalized spacial score (nSPS) is 11.5. The molecular formula is C17H17NO4S. The minimum Gasteiger partial charge on any atom is -0.388 e. The maximum atomic E-state index is 12.2. The Morgan fingerprint density at radius 3 is 2.52 bits per heavy atom. The molecule has 0 heterocycles. The van der Waals surface area contributed by atoms with Crippen LogP contribution >= 0.6 is 0 Å². The molecule has 0 saturated heterocycles. The van der Waals surface area contributed by atoms with Crippen LogP contribution in [0.1, 0.15) is 11.1 Å². The van der Waals surface area contributed by atoms with E-state index in [1.165, 1.54) is 12.2 Å². The van der Waals surface area contributed by atoms with Crippen molar-refractivity contribution in [1.29, 1.82) is 0 Å². The zero-order valence-electron chi connectivity index (χ0n) is 12.3. The number of ketones is 1. The third-order valence-corrected chi connectivity index (χ3v) is 4.24. The van der Waals surface area contributed by atoms with Crippen molar-refractivity contribution in [1.82, 2.24) is 0 Å². The molecule has 5 nitrogen and oxygen atoms in total. The molecule has 0 spiro atoms. The molecule has 2 N–H and O–H groups in total. The highest BCUT2D eigenvalue weighted by atomic mass is 32.2. The van der Waals surface area contributed by atoms with Crippen LogP contribution in [0.4, 0.5) is 5.69 Å². The summed E-state index contributed by atoms with van der Waals surface area (Å²) in [6, 6.07) is 15.6. The number of hydrogen-bond donors (Lipinski definition) is 2. The Bertz CT molecular complexity index is 798. The molecule has 0 atom stereocenters. The van der Waals surface area contributed by atoms with E-state index in [0.29, 0.717) is 16.8 Å². The molecule has 0 aliphatic carbocycles. The van der Waals surface area contributed by atoms with Crippen molar-refractivity contribution in [2.24, 2.45) is 0 Å². The van der Waals surface area contributed by atoms with Gasteiger partial charge in [0.25, 0.3) is 0 Å². The maximum Gasteiger partial charge on any atom is 0.236 e. The van der Waals surface area contributed by atoms with Gasteiger partial charge in [-0.2, -0.15) is 0 Å². The van der Waals surface area contributed by atoms with Crippen LogP contribution in [0.15, 0.2) is 60.7 Å². The van der Waals surface area contributed by atoms with E-state index in [4.69, 9.17) is 5.11 Å². The highest BCUT2D eigenvalue weighted by Gasteiger charge is 2.11. The molecule has 0 saturated carbocycles. The Balaban J connectivity index is 2.10. The van der Waals surface area contributed by atoms with Crippen molar-refractivity contribution in [2.75, 3.05) is 11.3 Å². The van der Waals surface area contributed by atoms with E-state index in [2.05, 4.69) is 4.72 Å². The summed E-state index contributed by atoms with van der Waals surface area (Å²) in [7, 11) is -3.52. The van der Waals surface area contributed by atoms with Crippen LogP contribution in [0.5, 0.6) is 0 Å². The Kier molecular flexibility index (Phi) is 5.67. The predicted octanol–water partition coefficient (Wildman–Crippen LogP) is 2.20. The average molecular weight is 331 g/mol. The van der Waals surface area contributed by atoms with E-state index < -0.39 is 22.4 Å². The zero-order valence-corrected chi connectivity index (χ0v) is 13.2. The third kappa shape index (κ3) is 5.69. The number of aliphatic hydroxyl groups is 1. The summed E-state index contributed by atoms with van der Waals surface area (Å²) in [6.45, 7) is -0.556. The number of aliphatic hydroxyl groups excluding tert-OH is 1. The zero-order chi connectivity index (χ0) is 16.7. The molecule has 0 bridgehead atoms. The van der Waals surface area contributed by atoms with Crippen molar-refractivity contribution in [3.8, 4) is 0 Å². The van der Waals surface area contributed by atoms with Crippen LogP contribution in [0.3, 0.4) is 0 Å². The summed E-state index contributed by atoms with van der Waals surface area (Å²) in [5.41, 5.74) is 1.77. The van der Waals surface area contributed by atoms with Crippen LogP contribution in [0.2, 0.25) is 0 Å². The first-order chi connectivity index (χ1) is 11.0. The van der Waals surface area contributed by atoms with Gasteiger partial charge in [-0.1, -0.05) is 48.5 Å². The van der Waals surface area contributed by atoms with Gasteiger partial charge in [0, 0.05) is 5.69 Å². The number of carbonyl (C=O) groups is 1. The fraction of sp³-hybridized carbons (Fsp3) is 0.118. The second kappa shape index (κ2) is 7.71. The van der Waals surface area contributed by atoms with Crippen molar-refractivity contribution in [2.45, 2.75) is 5.75 Å². The SMILES string of the molecule is O=C(/C=C/c1cccc(NS(=O)(=O)Cc2ccccc2)c1)CO. The van der Waals surface area contributed by atoms with Gasteiger partial charge in [-0.05, 0) is 29.3 Å². The van der Waals surface area contributed by atoms with Crippen molar-refractivity contribution in [3.63, 3.8) is 0 Å². The molecule has 0 aromatic heterocycles. The van der Waals surface area contributed by atoms with Gasteiger partial charge in [-0.3, -0.25) is 9.52 Å². The van der Waals surface area contributed by atoms with Gasteiger partial charge in [0.15, 0.2) is 5.78 Å². The van der Waals surface area contributed by atoms with Crippen molar-refractivity contribution in [3.05, 3.63) is 71.8 Å². The molecule has 2 aromatic rings. The van der Waals surface area contributed by atoms with E-state index >= 15 is 0 Å². The molecule has 6 heteroatoms. The molecular weight excluding hydrogens is 314 g/mol. The number of carbonyl (C=O) groups excluding carboxylic acids is 1. The molecule has 0 unspecified atom stereocenters. The Labute approximate surface area is 135 Å². The van der Waals surface area contributed by atoms with E-state index in [1.807, 2.05) is 6.07 Å². The van der Waals surface area contributed by atoms with Gasteiger partial charge in [0.05, 0.1) is 5.75 Å². The topological polar surface area (TPSA) is 83.5 Å². The summed E-state index contributed by atoms with van der Waals surface area (Å²) >= 11 is 0. The smallest absolute Gasteiger partial charge is 0.236 e. The highest BCUT2D eigenvalue weighted by molar-refractivity contribution is 7.91. The molecule has 0 amide bonds. The van der Waals surface area contributed by atoms with E-state index in [9.17, 15) is 13.2 Å². The molecule has 0 radical (unpaired) electrons. The predicted molar refractivity (Wildman–Crippen MR) is 90.3 cm³/mol. The van der Waals surface area contributed by atoms with Crippen molar-refractivity contribution < 1.29 is 18.3 Å². The van der Waals surface area contributed by atoms with Gasteiger partial charge < -0.3 is 5.11 Å². The molecule has 0 aliphatic rings. The lowest BCUT2D eigenvalue weighted by Gasteiger charge is -2.08. The minimum atomic E-state index is -3.52. The number of sulfonamides is 1. The molecule has 2 aromatic carbocycles. The fourth-order valence-corrected chi connectivity index (χ4v) is 3.15. The molecule has 0 fully saturated rings. The number of nitrogens with one attached hydrogen (secondary N) is 1. The first kappa shape index (κ1) is 16.9. The van der Waals surface area contributed by atoms with Crippen LogP contribution in [-0.4, -0.2) is 25.9 Å². The maximum absolute atomic E-state index is 12.2. The van der Waals surface area contributed by atoms with Crippen molar-refractivity contribution >= 4 is 27.6 Å². The Hall–Kier alpha value is -2.44. The van der Waals surface area contributed by atoms with Gasteiger partial charge in [0.2, 0.25) is 10.0 Å². The summed E-state index contributed by atoms with van der Waals surface area (Å²) in [4.78, 5) is 11.1. The van der Waals surface area contributed by atoms with Gasteiger partial charge >= 0.3 is 0 Å². The van der Waals surface area contributed by atoms with E-state index in [0.717, 1.165) is 0 Å². The first-order valence-corrected chi connectivity index (χ1v) is 8.60. The van der Waals surface area contributed by atoms with E-state index in [-0.39, 0.29) is 5.75 Å². The number of anilines is 1. The average Bonchev–Trinajstić information content (AvgIpc) is 2.53. The minimum absolute atomic E-state index is 0.114. The Morgan fingerprint density at radius 2 is 1.83 bits per heavy atom. The van der Waals surface area contributed by atoms with Gasteiger partial charge in [-0.15, -0.1) is 0 Å². The van der Waals surface area contributed by atoms with Gasteiger partial charge in [-0.25, -0.2) is 8.42 Å². The lowest BCUT2D eigenvalue weighted by molar-refractivity contribution is -0.117. The van der Waals surface area contributed by atoms with Crippen LogP contribution in [-0.2, 0) is 20.6 Å². The monoisotopic (exact) mass is 331 g/mol. The van der Waals surface area contributed by atoms with Crippen LogP contribution in [0.25, 0.3) is 6.08 Å². The van der Waals surface area contributed by atoms with Crippen LogP contribution < -0.4 is 4.72 Å². The molecule has 2 rings (SSSR count). The van der Waals surface area contributed by atoms with Crippen LogP contribution in [0, 0.1) is 0 Å². The summed E-state index contributed by atoms with van der Waals surface area (Å²) < 4.78 is 26.9. The van der Waals surface area contributed by atoms with Gasteiger partial charge in [0.1, 0.15) is 6.61 Å². The number of benzene rings is 2.